The maximum atomic E-state index is 5.02. The van der Waals surface area contributed by atoms with Crippen molar-refractivity contribution < 1.29 is 4.74 Å². The number of likely N-dealkylation sites (N-methyl/N-ethyl adjacent to an activating group) is 1. The zero-order chi connectivity index (χ0) is 11.8. The fourth-order valence-corrected chi connectivity index (χ4v) is 2.09. The molecule has 16 heavy (non-hydrogen) atoms. The minimum Gasteiger partial charge on any atom is -0.383 e. The molecule has 0 aliphatic heterocycles. The molecule has 0 atom stereocenters. The number of thiazole rings is 1. The van der Waals surface area contributed by atoms with E-state index in [1.165, 1.54) is 5.69 Å². The van der Waals surface area contributed by atoms with E-state index >= 15 is 0 Å². The van der Waals surface area contributed by atoms with Gasteiger partial charge in [0.05, 0.1) is 12.3 Å². The minimum absolute atomic E-state index is 0.785. The smallest absolute Gasteiger partial charge is 0.182 e. The second kappa shape index (κ2) is 7.60. The van der Waals surface area contributed by atoms with Crippen LogP contribution in [0, 0.1) is 0 Å². The van der Waals surface area contributed by atoms with E-state index in [2.05, 4.69) is 34.6 Å². The summed E-state index contributed by atoms with van der Waals surface area (Å²) in [5, 5.41) is 6.46. The van der Waals surface area contributed by atoms with Gasteiger partial charge in [-0.05, 0) is 13.5 Å². The Bertz CT molecular complexity index is 291. The Hall–Kier alpha value is -0.650. The Morgan fingerprint density at radius 2 is 2.31 bits per heavy atom. The van der Waals surface area contributed by atoms with Crippen molar-refractivity contribution in [3.05, 3.63) is 11.1 Å². The summed E-state index contributed by atoms with van der Waals surface area (Å²) in [5.74, 6) is 0. The van der Waals surface area contributed by atoms with Crippen molar-refractivity contribution in [3.63, 3.8) is 0 Å². The maximum Gasteiger partial charge on any atom is 0.182 e. The van der Waals surface area contributed by atoms with Gasteiger partial charge in [0, 0.05) is 32.1 Å². The van der Waals surface area contributed by atoms with E-state index in [4.69, 9.17) is 4.74 Å². The Labute approximate surface area is 102 Å². The highest BCUT2D eigenvalue weighted by Gasteiger charge is 2.00. The first-order chi connectivity index (χ1) is 7.76. The fraction of sp³-hybridized carbons (Fsp3) is 0.727. The lowest BCUT2D eigenvalue weighted by molar-refractivity contribution is 0.163. The van der Waals surface area contributed by atoms with E-state index in [9.17, 15) is 0 Å². The van der Waals surface area contributed by atoms with Crippen LogP contribution in [0.2, 0.25) is 0 Å². The Morgan fingerprint density at radius 3 is 2.94 bits per heavy atom. The zero-order valence-corrected chi connectivity index (χ0v) is 11.1. The molecule has 0 bridgehead atoms. The predicted molar refractivity (Wildman–Crippen MR) is 69.4 cm³/mol. The average Bonchev–Trinajstić information content (AvgIpc) is 2.74. The topological polar surface area (TPSA) is 37.4 Å². The third kappa shape index (κ3) is 4.92. The maximum absolute atomic E-state index is 5.02. The highest BCUT2D eigenvalue weighted by Crippen LogP contribution is 2.14. The number of methoxy groups -OCH3 is 1. The van der Waals surface area contributed by atoms with Crippen molar-refractivity contribution in [1.82, 2.24) is 9.88 Å². The lowest BCUT2D eigenvalue weighted by Crippen LogP contribution is -2.28. The number of nitrogens with one attached hydrogen (secondary N) is 1. The molecule has 0 unspecified atom stereocenters. The van der Waals surface area contributed by atoms with Crippen LogP contribution in [0.25, 0.3) is 0 Å². The molecular formula is C11H21N3OS. The summed E-state index contributed by atoms with van der Waals surface area (Å²) in [7, 11) is 3.83. The standard InChI is InChI=1S/C11H21N3OS/c1-4-10-9-16-11(13-10)12-5-6-14(2)7-8-15-3/h9H,4-8H2,1-3H3,(H,12,13). The number of aryl methyl sites for hydroxylation is 1. The quantitative estimate of drug-likeness (QED) is 0.754. The second-order valence-corrected chi connectivity index (χ2v) is 4.58. The first-order valence-electron chi connectivity index (χ1n) is 5.62. The van der Waals surface area contributed by atoms with Gasteiger partial charge in [-0.2, -0.15) is 0 Å². The molecule has 92 valence electrons. The van der Waals surface area contributed by atoms with Crippen LogP contribution in [-0.2, 0) is 11.2 Å². The van der Waals surface area contributed by atoms with Crippen LogP contribution in [-0.4, -0.2) is 50.3 Å². The van der Waals surface area contributed by atoms with Gasteiger partial charge in [0.15, 0.2) is 5.13 Å². The number of ether oxygens (including phenoxy) is 1. The molecule has 0 aromatic carbocycles. The summed E-state index contributed by atoms with van der Waals surface area (Å²) in [4.78, 5) is 6.69. The zero-order valence-electron chi connectivity index (χ0n) is 10.3. The summed E-state index contributed by atoms with van der Waals surface area (Å²) in [6, 6.07) is 0. The van der Waals surface area contributed by atoms with Gasteiger partial charge in [0.2, 0.25) is 0 Å². The molecule has 0 saturated carbocycles. The molecule has 0 radical (unpaired) electrons. The van der Waals surface area contributed by atoms with Gasteiger partial charge in [-0.25, -0.2) is 4.98 Å². The summed E-state index contributed by atoms with van der Waals surface area (Å²) in [6.45, 7) is 5.81. The van der Waals surface area contributed by atoms with E-state index < -0.39 is 0 Å². The van der Waals surface area contributed by atoms with E-state index in [0.29, 0.717) is 0 Å². The number of hydrogen-bond donors (Lipinski definition) is 1. The van der Waals surface area contributed by atoms with E-state index in [1.54, 1.807) is 18.4 Å². The van der Waals surface area contributed by atoms with Crippen molar-refractivity contribution in [2.75, 3.05) is 45.7 Å². The molecule has 4 nitrogen and oxygen atoms in total. The van der Waals surface area contributed by atoms with Crippen LogP contribution < -0.4 is 5.32 Å². The Kier molecular flexibility index (Phi) is 6.37. The van der Waals surface area contributed by atoms with E-state index in [0.717, 1.165) is 37.8 Å². The number of rotatable bonds is 8. The van der Waals surface area contributed by atoms with Crippen molar-refractivity contribution in [3.8, 4) is 0 Å². The van der Waals surface area contributed by atoms with Gasteiger partial charge in [-0.1, -0.05) is 6.92 Å². The highest BCUT2D eigenvalue weighted by molar-refractivity contribution is 7.13. The van der Waals surface area contributed by atoms with Crippen LogP contribution in [0.15, 0.2) is 5.38 Å². The predicted octanol–water partition coefficient (Wildman–Crippen LogP) is 1.70. The molecule has 0 aliphatic carbocycles. The van der Waals surface area contributed by atoms with Gasteiger partial charge >= 0.3 is 0 Å². The summed E-state index contributed by atoms with van der Waals surface area (Å²) >= 11 is 1.68. The normalized spacial score (nSPS) is 11.0. The molecular weight excluding hydrogens is 222 g/mol. The van der Waals surface area contributed by atoms with Crippen LogP contribution in [0.3, 0.4) is 0 Å². The monoisotopic (exact) mass is 243 g/mol. The third-order valence-electron chi connectivity index (χ3n) is 2.36. The molecule has 0 fully saturated rings. The third-order valence-corrected chi connectivity index (χ3v) is 3.21. The van der Waals surface area contributed by atoms with Gasteiger partial charge in [-0.15, -0.1) is 11.3 Å². The molecule has 5 heteroatoms. The number of hydrogen-bond acceptors (Lipinski definition) is 5. The van der Waals surface area contributed by atoms with Gasteiger partial charge < -0.3 is 15.0 Å². The van der Waals surface area contributed by atoms with Crippen LogP contribution in [0.5, 0.6) is 0 Å². The lowest BCUT2D eigenvalue weighted by Gasteiger charge is -2.15. The number of nitrogens with zero attached hydrogens (tertiary/aromatic N) is 2. The van der Waals surface area contributed by atoms with Crippen molar-refractivity contribution in [2.45, 2.75) is 13.3 Å². The van der Waals surface area contributed by atoms with Gasteiger partial charge in [-0.3, -0.25) is 0 Å². The second-order valence-electron chi connectivity index (χ2n) is 3.72. The summed E-state index contributed by atoms with van der Waals surface area (Å²) in [6.07, 6.45) is 1.01. The molecule has 0 aliphatic rings. The molecule has 1 aromatic heterocycles. The largest absolute Gasteiger partial charge is 0.383 e. The van der Waals surface area contributed by atoms with Gasteiger partial charge in [0.1, 0.15) is 0 Å². The number of anilines is 1. The highest BCUT2D eigenvalue weighted by atomic mass is 32.1. The molecule has 0 amide bonds. The molecule has 0 spiro atoms. The molecule has 0 saturated heterocycles. The first-order valence-corrected chi connectivity index (χ1v) is 6.50. The lowest BCUT2D eigenvalue weighted by atomic mass is 10.4. The molecule has 1 heterocycles. The Balaban J connectivity index is 2.14. The van der Waals surface area contributed by atoms with Gasteiger partial charge in [0.25, 0.3) is 0 Å². The molecule has 1 rings (SSSR count). The van der Waals surface area contributed by atoms with Crippen LogP contribution >= 0.6 is 11.3 Å². The summed E-state index contributed by atoms with van der Waals surface area (Å²) in [5.41, 5.74) is 1.17. The van der Waals surface area contributed by atoms with E-state index in [-0.39, 0.29) is 0 Å². The molecule has 1 N–H and O–H groups in total. The van der Waals surface area contributed by atoms with Crippen LogP contribution in [0.1, 0.15) is 12.6 Å². The average molecular weight is 243 g/mol. The summed E-state index contributed by atoms with van der Waals surface area (Å²) < 4.78 is 5.02. The van der Waals surface area contributed by atoms with Crippen molar-refractivity contribution in [1.29, 1.82) is 0 Å². The Morgan fingerprint density at radius 1 is 1.50 bits per heavy atom. The minimum atomic E-state index is 0.785. The van der Waals surface area contributed by atoms with Crippen LogP contribution in [0.4, 0.5) is 5.13 Å². The number of aromatic nitrogens is 1. The first kappa shape index (κ1) is 13.4. The SMILES string of the molecule is CCc1csc(NCCN(C)CCOC)n1. The van der Waals surface area contributed by atoms with E-state index in [1.807, 2.05) is 0 Å². The van der Waals surface area contributed by atoms with Crippen molar-refractivity contribution >= 4 is 16.5 Å². The molecule has 1 aromatic rings. The van der Waals surface area contributed by atoms with Crippen molar-refractivity contribution in [2.24, 2.45) is 0 Å². The fourth-order valence-electron chi connectivity index (χ4n) is 1.26.